The molecule has 2 N–H and O–H groups in total. The standard InChI is InChI=1S/C16H27N3O3S/c1-16(2,23(5,20)21)12-19-15(17-3)18-11-10-13-8-6-7-9-14(13)22-4/h6-9H,10-12H2,1-5H3,(H2,17,18,19). The van der Waals surface area contributed by atoms with Gasteiger partial charge in [0.2, 0.25) is 0 Å². The maximum atomic E-state index is 11.7. The van der Waals surface area contributed by atoms with E-state index in [9.17, 15) is 8.42 Å². The summed E-state index contributed by atoms with van der Waals surface area (Å²) in [4.78, 5) is 4.12. The highest BCUT2D eigenvalue weighted by Crippen LogP contribution is 2.17. The molecule has 130 valence electrons. The molecule has 0 aromatic heterocycles. The third-order valence-electron chi connectivity index (χ3n) is 3.79. The highest BCUT2D eigenvalue weighted by Gasteiger charge is 2.30. The van der Waals surface area contributed by atoms with Crippen LogP contribution in [0.3, 0.4) is 0 Å². The highest BCUT2D eigenvalue weighted by atomic mass is 32.2. The smallest absolute Gasteiger partial charge is 0.191 e. The van der Waals surface area contributed by atoms with Crippen molar-refractivity contribution in [2.75, 3.05) is 33.5 Å². The molecule has 0 radical (unpaired) electrons. The van der Waals surface area contributed by atoms with Gasteiger partial charge in [-0.05, 0) is 31.9 Å². The minimum absolute atomic E-state index is 0.292. The van der Waals surface area contributed by atoms with Gasteiger partial charge in [-0.1, -0.05) is 18.2 Å². The van der Waals surface area contributed by atoms with Crippen LogP contribution >= 0.6 is 0 Å². The number of nitrogens with one attached hydrogen (secondary N) is 2. The van der Waals surface area contributed by atoms with Gasteiger partial charge in [-0.15, -0.1) is 0 Å². The van der Waals surface area contributed by atoms with E-state index >= 15 is 0 Å². The van der Waals surface area contributed by atoms with E-state index in [-0.39, 0.29) is 0 Å². The number of guanidine groups is 1. The Morgan fingerprint density at radius 2 is 1.91 bits per heavy atom. The van der Waals surface area contributed by atoms with Crippen LogP contribution in [-0.2, 0) is 16.3 Å². The summed E-state index contributed by atoms with van der Waals surface area (Å²) in [5, 5.41) is 6.24. The van der Waals surface area contributed by atoms with Crippen LogP contribution in [0.1, 0.15) is 19.4 Å². The molecule has 1 aromatic carbocycles. The average Bonchev–Trinajstić information content (AvgIpc) is 2.49. The topological polar surface area (TPSA) is 79.8 Å². The summed E-state index contributed by atoms with van der Waals surface area (Å²) in [5.74, 6) is 1.44. The van der Waals surface area contributed by atoms with E-state index in [1.807, 2.05) is 24.3 Å². The molecule has 0 bridgehead atoms. The first kappa shape index (κ1) is 19.3. The van der Waals surface area contributed by atoms with Crippen molar-refractivity contribution in [1.82, 2.24) is 10.6 Å². The monoisotopic (exact) mass is 341 g/mol. The van der Waals surface area contributed by atoms with E-state index in [4.69, 9.17) is 4.74 Å². The zero-order valence-electron chi connectivity index (χ0n) is 14.5. The minimum atomic E-state index is -3.14. The van der Waals surface area contributed by atoms with Gasteiger partial charge in [0.1, 0.15) is 5.75 Å². The molecular weight excluding hydrogens is 314 g/mol. The van der Waals surface area contributed by atoms with Gasteiger partial charge in [0, 0.05) is 26.4 Å². The van der Waals surface area contributed by atoms with Crippen LogP contribution in [-0.4, -0.2) is 52.6 Å². The van der Waals surface area contributed by atoms with E-state index in [1.165, 1.54) is 6.26 Å². The maximum absolute atomic E-state index is 11.7. The second-order valence-electron chi connectivity index (χ2n) is 5.95. The highest BCUT2D eigenvalue weighted by molar-refractivity contribution is 7.92. The number of hydrogen-bond acceptors (Lipinski definition) is 4. The number of sulfone groups is 1. The van der Waals surface area contributed by atoms with Gasteiger partial charge in [-0.25, -0.2) is 8.42 Å². The summed E-state index contributed by atoms with van der Waals surface area (Å²) in [5.41, 5.74) is 1.11. The van der Waals surface area contributed by atoms with Crippen molar-refractivity contribution in [1.29, 1.82) is 0 Å². The molecule has 0 heterocycles. The molecule has 1 aromatic rings. The molecule has 7 heteroatoms. The molecule has 0 unspecified atom stereocenters. The molecule has 0 atom stereocenters. The lowest BCUT2D eigenvalue weighted by Gasteiger charge is -2.24. The first-order valence-electron chi connectivity index (χ1n) is 7.47. The van der Waals surface area contributed by atoms with Gasteiger partial charge in [0.15, 0.2) is 15.8 Å². The normalized spacial score (nSPS) is 12.8. The fraction of sp³-hybridized carbons (Fsp3) is 0.562. The quantitative estimate of drug-likeness (QED) is 0.576. The zero-order valence-corrected chi connectivity index (χ0v) is 15.3. The maximum Gasteiger partial charge on any atom is 0.191 e. The molecule has 0 saturated heterocycles. The lowest BCUT2D eigenvalue weighted by atomic mass is 10.1. The Labute approximate surface area is 139 Å². The van der Waals surface area contributed by atoms with Crippen LogP contribution in [0.2, 0.25) is 0 Å². The number of rotatable bonds is 7. The van der Waals surface area contributed by atoms with E-state index in [0.717, 1.165) is 17.7 Å². The summed E-state index contributed by atoms with van der Waals surface area (Å²) >= 11 is 0. The molecule has 0 spiro atoms. The second kappa shape index (κ2) is 8.19. The summed E-state index contributed by atoms with van der Waals surface area (Å²) in [6.07, 6.45) is 2.02. The third kappa shape index (κ3) is 5.74. The van der Waals surface area contributed by atoms with Gasteiger partial charge < -0.3 is 15.4 Å². The zero-order chi connectivity index (χ0) is 17.5. The van der Waals surface area contributed by atoms with Crippen LogP contribution in [0.25, 0.3) is 0 Å². The van der Waals surface area contributed by atoms with E-state index in [2.05, 4.69) is 15.6 Å². The molecule has 0 aliphatic rings. The average molecular weight is 341 g/mol. The van der Waals surface area contributed by atoms with Gasteiger partial charge in [-0.3, -0.25) is 4.99 Å². The van der Waals surface area contributed by atoms with E-state index < -0.39 is 14.6 Å². The van der Waals surface area contributed by atoms with Gasteiger partial charge in [0.25, 0.3) is 0 Å². The molecule has 0 aliphatic heterocycles. The summed E-state index contributed by atoms with van der Waals surface area (Å²) in [6.45, 7) is 4.34. The van der Waals surface area contributed by atoms with Crippen LogP contribution in [0.4, 0.5) is 0 Å². The van der Waals surface area contributed by atoms with Crippen molar-refractivity contribution in [3.63, 3.8) is 0 Å². The van der Waals surface area contributed by atoms with E-state index in [0.29, 0.717) is 19.0 Å². The Bertz CT molecular complexity index is 640. The molecule has 0 saturated carbocycles. The Balaban J connectivity index is 2.53. The van der Waals surface area contributed by atoms with Gasteiger partial charge >= 0.3 is 0 Å². The van der Waals surface area contributed by atoms with Crippen LogP contribution in [0, 0.1) is 0 Å². The Morgan fingerprint density at radius 1 is 1.26 bits per heavy atom. The lowest BCUT2D eigenvalue weighted by molar-refractivity contribution is 0.409. The van der Waals surface area contributed by atoms with Crippen molar-refractivity contribution in [2.45, 2.75) is 25.0 Å². The van der Waals surface area contributed by atoms with Crippen LogP contribution in [0.15, 0.2) is 29.3 Å². The Morgan fingerprint density at radius 3 is 2.48 bits per heavy atom. The Hall–Kier alpha value is -1.76. The molecule has 6 nitrogen and oxygen atoms in total. The molecular formula is C16H27N3O3S. The van der Waals surface area contributed by atoms with Crippen molar-refractivity contribution in [2.24, 2.45) is 4.99 Å². The SMILES string of the molecule is CN=C(NCCc1ccccc1OC)NCC(C)(C)S(C)(=O)=O. The Kier molecular flexibility index (Phi) is 6.87. The van der Waals surface area contributed by atoms with Crippen molar-refractivity contribution < 1.29 is 13.2 Å². The predicted octanol–water partition coefficient (Wildman–Crippen LogP) is 1.23. The number of nitrogens with zero attached hydrogens (tertiary/aromatic N) is 1. The van der Waals surface area contributed by atoms with E-state index in [1.54, 1.807) is 28.0 Å². The first-order valence-corrected chi connectivity index (χ1v) is 9.36. The van der Waals surface area contributed by atoms with Crippen molar-refractivity contribution in [3.05, 3.63) is 29.8 Å². The largest absolute Gasteiger partial charge is 0.496 e. The van der Waals surface area contributed by atoms with Crippen LogP contribution < -0.4 is 15.4 Å². The molecule has 0 amide bonds. The van der Waals surface area contributed by atoms with Crippen molar-refractivity contribution in [3.8, 4) is 5.75 Å². The molecule has 0 aliphatic carbocycles. The first-order chi connectivity index (χ1) is 10.7. The number of methoxy groups -OCH3 is 1. The second-order valence-corrected chi connectivity index (χ2v) is 8.60. The fourth-order valence-electron chi connectivity index (χ4n) is 1.87. The number of benzene rings is 1. The van der Waals surface area contributed by atoms with Gasteiger partial charge in [-0.2, -0.15) is 0 Å². The number of hydrogen-bond donors (Lipinski definition) is 2. The number of aliphatic imine (C=N–C) groups is 1. The minimum Gasteiger partial charge on any atom is -0.496 e. The number of para-hydroxylation sites is 1. The summed E-state index contributed by atoms with van der Waals surface area (Å²) < 4.78 is 27.9. The summed E-state index contributed by atoms with van der Waals surface area (Å²) in [6, 6.07) is 7.85. The van der Waals surface area contributed by atoms with Gasteiger partial charge in [0.05, 0.1) is 11.9 Å². The third-order valence-corrected chi connectivity index (χ3v) is 5.94. The molecule has 0 fully saturated rings. The van der Waals surface area contributed by atoms with Crippen molar-refractivity contribution >= 4 is 15.8 Å². The summed E-state index contributed by atoms with van der Waals surface area (Å²) in [7, 11) is 0.171. The predicted molar refractivity (Wildman–Crippen MR) is 95.0 cm³/mol. The van der Waals surface area contributed by atoms with Crippen LogP contribution in [0.5, 0.6) is 5.75 Å². The lowest BCUT2D eigenvalue weighted by Crippen LogP contribution is -2.48. The molecule has 23 heavy (non-hydrogen) atoms. The molecule has 1 rings (SSSR count). The fourth-order valence-corrected chi connectivity index (χ4v) is 2.21. The number of ether oxygens (including phenoxy) is 1.